The Bertz CT molecular complexity index is 611. The number of nitrogens with zero attached hydrogens (tertiary/aromatic N) is 2. The van der Waals surface area contributed by atoms with Gasteiger partial charge in [0.15, 0.2) is 0 Å². The first kappa shape index (κ1) is 14.7. The third-order valence-corrected chi connectivity index (χ3v) is 3.94. The van der Waals surface area contributed by atoms with Gasteiger partial charge in [-0.05, 0) is 40.4 Å². The molecule has 3 nitrogen and oxygen atoms in total. The lowest BCUT2D eigenvalue weighted by molar-refractivity contribution is -0.0328. The molecule has 104 valence electrons. The lowest BCUT2D eigenvalue weighted by Crippen LogP contribution is -2.09. The van der Waals surface area contributed by atoms with Gasteiger partial charge in [0.25, 0.3) is 0 Å². The van der Waals surface area contributed by atoms with Crippen molar-refractivity contribution in [1.82, 2.24) is 9.55 Å². The zero-order valence-corrected chi connectivity index (χ0v) is 12.3. The highest BCUT2D eigenvalue weighted by Crippen LogP contribution is 2.31. The molecular formula is C10H8F4IN3S. The first-order valence-corrected chi connectivity index (χ1v) is 7.16. The second kappa shape index (κ2) is 5.35. The second-order valence-corrected chi connectivity index (χ2v) is 5.99. The molecule has 0 aliphatic rings. The van der Waals surface area contributed by atoms with Crippen LogP contribution in [-0.2, 0) is 6.54 Å². The maximum Gasteiger partial charge on any atom is 0.441 e. The van der Waals surface area contributed by atoms with E-state index in [1.807, 2.05) is 22.6 Å². The molecule has 2 aromatic rings. The number of thioether (sulfide) groups is 1. The van der Waals surface area contributed by atoms with Crippen LogP contribution in [0.1, 0.15) is 0 Å². The van der Waals surface area contributed by atoms with E-state index in [1.54, 1.807) is 0 Å². The predicted octanol–water partition coefficient (Wildman–Crippen LogP) is 3.62. The van der Waals surface area contributed by atoms with Crippen molar-refractivity contribution in [3.05, 3.63) is 21.5 Å². The van der Waals surface area contributed by atoms with Crippen LogP contribution in [0.5, 0.6) is 0 Å². The summed E-state index contributed by atoms with van der Waals surface area (Å²) in [6.07, 6.45) is 0. The van der Waals surface area contributed by atoms with Gasteiger partial charge in [0.1, 0.15) is 5.82 Å². The number of imidazole rings is 1. The Morgan fingerprint density at radius 2 is 2.05 bits per heavy atom. The third kappa shape index (κ3) is 3.44. The molecule has 0 atom stereocenters. The smallest absolute Gasteiger partial charge is 0.369 e. The number of hydrogen-bond acceptors (Lipinski definition) is 3. The molecule has 9 heteroatoms. The van der Waals surface area contributed by atoms with Gasteiger partial charge in [0.2, 0.25) is 5.95 Å². The molecule has 0 spiro atoms. The minimum Gasteiger partial charge on any atom is -0.369 e. The number of halogens is 5. The Balaban J connectivity index is 2.27. The van der Waals surface area contributed by atoms with Gasteiger partial charge < -0.3 is 10.3 Å². The lowest BCUT2D eigenvalue weighted by Gasteiger charge is -2.08. The summed E-state index contributed by atoms with van der Waals surface area (Å²) in [6.45, 7) is 0.0204. The predicted molar refractivity (Wildman–Crippen MR) is 75.3 cm³/mol. The highest BCUT2D eigenvalue weighted by molar-refractivity contribution is 14.1. The molecule has 0 amide bonds. The topological polar surface area (TPSA) is 43.8 Å². The highest BCUT2D eigenvalue weighted by atomic mass is 127. The summed E-state index contributed by atoms with van der Waals surface area (Å²) in [4.78, 5) is 4.01. The normalized spacial score (nSPS) is 12.3. The van der Waals surface area contributed by atoms with Crippen LogP contribution >= 0.6 is 34.4 Å². The van der Waals surface area contributed by atoms with Gasteiger partial charge in [-0.2, -0.15) is 13.2 Å². The van der Waals surface area contributed by atoms with Crippen molar-refractivity contribution in [2.24, 2.45) is 0 Å². The molecule has 19 heavy (non-hydrogen) atoms. The Labute approximate surface area is 123 Å². The van der Waals surface area contributed by atoms with Crippen molar-refractivity contribution in [3.8, 4) is 0 Å². The van der Waals surface area contributed by atoms with Crippen LogP contribution in [-0.4, -0.2) is 20.8 Å². The number of rotatable bonds is 3. The Hall–Kier alpha value is -0.710. The SMILES string of the molecule is Nc1nc2cc(I)c(F)cc2n1CCSC(F)(F)F. The molecule has 1 aromatic heterocycles. The summed E-state index contributed by atoms with van der Waals surface area (Å²) in [5, 5.41) is 0. The van der Waals surface area contributed by atoms with Crippen LogP contribution in [0.3, 0.4) is 0 Å². The second-order valence-electron chi connectivity index (χ2n) is 3.67. The van der Waals surface area contributed by atoms with Gasteiger partial charge in [-0.15, -0.1) is 0 Å². The van der Waals surface area contributed by atoms with Crippen molar-refractivity contribution in [2.45, 2.75) is 12.1 Å². The standard InChI is InChI=1S/C10H8F4IN3S/c11-5-3-8-7(4-6(5)15)17-9(16)18(8)1-2-19-10(12,13)14/h3-4H,1-2H2,(H2,16,17). The van der Waals surface area contributed by atoms with E-state index >= 15 is 0 Å². The third-order valence-electron chi connectivity index (χ3n) is 2.40. The number of alkyl halides is 3. The molecular weight excluding hydrogens is 397 g/mol. The molecule has 0 unspecified atom stereocenters. The monoisotopic (exact) mass is 405 g/mol. The van der Waals surface area contributed by atoms with Crippen molar-refractivity contribution in [3.63, 3.8) is 0 Å². The first-order valence-electron chi connectivity index (χ1n) is 5.09. The molecule has 2 rings (SSSR count). The molecule has 0 saturated heterocycles. The fourth-order valence-electron chi connectivity index (χ4n) is 1.63. The molecule has 0 radical (unpaired) electrons. The van der Waals surface area contributed by atoms with Crippen molar-refractivity contribution in [2.75, 3.05) is 11.5 Å². The van der Waals surface area contributed by atoms with Gasteiger partial charge >= 0.3 is 5.51 Å². The fraction of sp³-hybridized carbons (Fsp3) is 0.300. The Kier molecular flexibility index (Phi) is 4.14. The van der Waals surface area contributed by atoms with E-state index < -0.39 is 11.3 Å². The number of nitrogen functional groups attached to an aromatic ring is 1. The maximum absolute atomic E-state index is 13.5. The summed E-state index contributed by atoms with van der Waals surface area (Å²) in [6, 6.07) is 2.74. The van der Waals surface area contributed by atoms with Gasteiger partial charge in [0.05, 0.1) is 14.6 Å². The number of aryl methyl sites for hydroxylation is 1. The first-order chi connectivity index (χ1) is 8.78. The van der Waals surface area contributed by atoms with E-state index in [0.717, 1.165) is 0 Å². The van der Waals surface area contributed by atoms with Gasteiger partial charge in [-0.3, -0.25) is 0 Å². The molecule has 1 heterocycles. The quantitative estimate of drug-likeness (QED) is 0.627. The van der Waals surface area contributed by atoms with Crippen LogP contribution in [0.25, 0.3) is 11.0 Å². The van der Waals surface area contributed by atoms with Crippen LogP contribution in [0.2, 0.25) is 0 Å². The van der Waals surface area contributed by atoms with E-state index in [0.29, 0.717) is 14.6 Å². The summed E-state index contributed by atoms with van der Waals surface area (Å²) in [5.74, 6) is -0.566. The van der Waals surface area contributed by atoms with E-state index in [4.69, 9.17) is 5.73 Å². The minimum absolute atomic E-state index is 0.0204. The molecule has 0 fully saturated rings. The highest BCUT2D eigenvalue weighted by Gasteiger charge is 2.27. The van der Waals surface area contributed by atoms with E-state index in [1.165, 1.54) is 16.7 Å². The van der Waals surface area contributed by atoms with Crippen molar-refractivity contribution in [1.29, 1.82) is 0 Å². The maximum atomic E-state index is 13.5. The van der Waals surface area contributed by atoms with Gasteiger partial charge in [-0.1, -0.05) is 0 Å². The summed E-state index contributed by atoms with van der Waals surface area (Å²) >= 11 is 1.67. The van der Waals surface area contributed by atoms with Crippen LogP contribution < -0.4 is 5.73 Å². The molecule has 2 N–H and O–H groups in total. The number of nitrogens with two attached hydrogens (primary N) is 1. The molecule has 0 saturated carbocycles. The van der Waals surface area contributed by atoms with Crippen LogP contribution in [0.15, 0.2) is 12.1 Å². The van der Waals surface area contributed by atoms with Crippen LogP contribution in [0.4, 0.5) is 23.5 Å². The lowest BCUT2D eigenvalue weighted by atomic mass is 10.3. The van der Waals surface area contributed by atoms with E-state index in [9.17, 15) is 17.6 Å². The van der Waals surface area contributed by atoms with Gasteiger partial charge in [0, 0.05) is 18.4 Å². The fourth-order valence-corrected chi connectivity index (χ4v) is 2.58. The molecule has 0 aliphatic heterocycles. The number of fused-ring (bicyclic) bond motifs is 1. The zero-order valence-electron chi connectivity index (χ0n) is 9.34. The van der Waals surface area contributed by atoms with Crippen molar-refractivity contribution < 1.29 is 17.6 Å². The zero-order chi connectivity index (χ0) is 14.2. The van der Waals surface area contributed by atoms with Gasteiger partial charge in [-0.25, -0.2) is 9.37 Å². The Morgan fingerprint density at radius 3 is 2.68 bits per heavy atom. The summed E-state index contributed by atoms with van der Waals surface area (Å²) in [7, 11) is 0. The van der Waals surface area contributed by atoms with E-state index in [-0.39, 0.29) is 30.0 Å². The average molecular weight is 405 g/mol. The Morgan fingerprint density at radius 1 is 1.37 bits per heavy atom. The number of benzene rings is 1. The van der Waals surface area contributed by atoms with E-state index in [2.05, 4.69) is 4.98 Å². The van der Waals surface area contributed by atoms with Crippen LogP contribution in [0, 0.1) is 9.39 Å². The molecule has 1 aromatic carbocycles. The molecule has 0 aliphatic carbocycles. The average Bonchev–Trinajstić information content (AvgIpc) is 2.55. The number of anilines is 1. The summed E-state index contributed by atoms with van der Waals surface area (Å²) < 4.78 is 51.4. The molecule has 0 bridgehead atoms. The number of aromatic nitrogens is 2. The summed E-state index contributed by atoms with van der Waals surface area (Å²) in [5.41, 5.74) is 2.23. The minimum atomic E-state index is -4.29. The number of hydrogen-bond donors (Lipinski definition) is 1. The van der Waals surface area contributed by atoms with Crippen molar-refractivity contribution >= 4 is 51.3 Å². The largest absolute Gasteiger partial charge is 0.441 e.